The molecule has 0 saturated heterocycles. The number of quaternary nitrogens is 1. The van der Waals surface area contributed by atoms with Gasteiger partial charge in [0.15, 0.2) is 0 Å². The number of benzene rings is 1. The van der Waals surface area contributed by atoms with Gasteiger partial charge in [-0.15, -0.1) is 4.37 Å². The number of carbonyl (C=O) groups is 1. The summed E-state index contributed by atoms with van der Waals surface area (Å²) < 4.78 is 21.3. The number of likely N-dealkylation sites (N-methyl/N-ethyl adjacent to an activating group) is 1. The number of esters is 1. The molecule has 7 heteroatoms. The van der Waals surface area contributed by atoms with Crippen LogP contribution in [0.4, 0.5) is 0 Å². The van der Waals surface area contributed by atoms with Gasteiger partial charge in [0, 0.05) is 18.9 Å². The van der Waals surface area contributed by atoms with E-state index in [4.69, 9.17) is 9.47 Å². The molecule has 2 heterocycles. The lowest BCUT2D eigenvalue weighted by Crippen LogP contribution is -2.55. The van der Waals surface area contributed by atoms with E-state index in [1.165, 1.54) is 31.0 Å². The van der Waals surface area contributed by atoms with E-state index in [2.05, 4.69) is 28.8 Å². The first kappa shape index (κ1) is 23.4. The molecule has 3 rings (SSSR count). The monoisotopic (exact) mass is 444 g/mol. The number of ether oxygens (including phenoxy) is 2. The Balaban J connectivity index is 1.58. The van der Waals surface area contributed by atoms with E-state index in [1.54, 1.807) is 0 Å². The first-order chi connectivity index (χ1) is 15.0. The number of aromatic nitrogens is 2. The molecule has 168 valence electrons. The maximum absolute atomic E-state index is 12.5. The van der Waals surface area contributed by atoms with Crippen molar-refractivity contribution in [1.29, 1.82) is 0 Å². The van der Waals surface area contributed by atoms with Crippen LogP contribution in [-0.4, -0.2) is 52.2 Å². The minimum atomic E-state index is -0.245. The summed E-state index contributed by atoms with van der Waals surface area (Å²) in [7, 11) is 2.14. The standard InChI is InChI=1S/C24H34N3O3S/c1-4-5-6-10-16-29-24-23(25-31-26-24)21-14-11-15-27(3,18-21)19(2)30-22(28)17-20-12-8-7-9-13-20/h7-9,12-14,19H,4-6,10-11,15-18H2,1-3H3/q+1. The van der Waals surface area contributed by atoms with Crippen molar-refractivity contribution in [1.82, 2.24) is 8.75 Å². The second-order valence-electron chi connectivity index (χ2n) is 8.46. The molecule has 0 saturated carbocycles. The average Bonchev–Trinajstić information content (AvgIpc) is 3.23. The molecular formula is C24H34N3O3S+. The Hall–Kier alpha value is -2.25. The maximum atomic E-state index is 12.5. The molecule has 0 amide bonds. The molecule has 0 N–H and O–H groups in total. The highest BCUT2D eigenvalue weighted by Gasteiger charge is 2.36. The number of nitrogens with zero attached hydrogens (tertiary/aromatic N) is 3. The van der Waals surface area contributed by atoms with Gasteiger partial charge in [-0.05, 0) is 12.0 Å². The third-order valence-electron chi connectivity index (χ3n) is 5.93. The molecule has 0 bridgehead atoms. The van der Waals surface area contributed by atoms with Crippen molar-refractivity contribution in [3.8, 4) is 5.88 Å². The van der Waals surface area contributed by atoms with Crippen LogP contribution >= 0.6 is 11.7 Å². The SMILES string of the molecule is CCCCCCOc1nsnc1C1=CCC[N+](C)(C(C)OC(=O)Cc2ccccc2)C1. The molecule has 0 fully saturated rings. The van der Waals surface area contributed by atoms with Crippen molar-refractivity contribution in [3.63, 3.8) is 0 Å². The largest absolute Gasteiger partial charge is 0.475 e. The van der Waals surface area contributed by atoms with Crippen LogP contribution in [0, 0.1) is 0 Å². The fraction of sp³-hybridized carbons (Fsp3) is 0.542. The Bertz CT molecular complexity index is 868. The van der Waals surface area contributed by atoms with Crippen LogP contribution in [0.1, 0.15) is 57.2 Å². The van der Waals surface area contributed by atoms with Gasteiger partial charge >= 0.3 is 5.97 Å². The van der Waals surface area contributed by atoms with Gasteiger partial charge in [0.2, 0.25) is 6.23 Å². The fourth-order valence-electron chi connectivity index (χ4n) is 3.84. The highest BCUT2D eigenvalue weighted by atomic mass is 32.1. The number of hydrogen-bond donors (Lipinski definition) is 0. The van der Waals surface area contributed by atoms with Gasteiger partial charge in [-0.3, -0.25) is 9.28 Å². The van der Waals surface area contributed by atoms with Gasteiger partial charge in [0.1, 0.15) is 12.2 Å². The molecular weight excluding hydrogens is 410 g/mol. The number of unbranched alkanes of at least 4 members (excludes halogenated alkanes) is 3. The third-order valence-corrected chi connectivity index (χ3v) is 6.44. The zero-order valence-electron chi connectivity index (χ0n) is 18.9. The normalized spacial score (nSPS) is 19.5. The minimum Gasteiger partial charge on any atom is -0.475 e. The Morgan fingerprint density at radius 2 is 2.00 bits per heavy atom. The van der Waals surface area contributed by atoms with Crippen LogP contribution in [0.3, 0.4) is 0 Å². The lowest BCUT2D eigenvalue weighted by atomic mass is 10.0. The molecule has 0 aliphatic carbocycles. The summed E-state index contributed by atoms with van der Waals surface area (Å²) in [5.74, 6) is 0.440. The molecule has 1 aliphatic heterocycles. The average molecular weight is 445 g/mol. The third kappa shape index (κ3) is 6.61. The molecule has 1 aromatic heterocycles. The quantitative estimate of drug-likeness (QED) is 0.281. The number of hydrogen-bond acceptors (Lipinski definition) is 6. The highest BCUT2D eigenvalue weighted by molar-refractivity contribution is 6.99. The lowest BCUT2D eigenvalue weighted by Gasteiger charge is -2.41. The van der Waals surface area contributed by atoms with Crippen LogP contribution in [0.2, 0.25) is 0 Å². The molecule has 2 atom stereocenters. The predicted octanol–water partition coefficient (Wildman–Crippen LogP) is 4.86. The molecule has 6 nitrogen and oxygen atoms in total. The van der Waals surface area contributed by atoms with Crippen LogP contribution in [-0.2, 0) is 16.0 Å². The lowest BCUT2D eigenvalue weighted by molar-refractivity contribution is -0.944. The van der Waals surface area contributed by atoms with Gasteiger partial charge < -0.3 is 9.47 Å². The van der Waals surface area contributed by atoms with Crippen LogP contribution in [0.5, 0.6) is 5.88 Å². The summed E-state index contributed by atoms with van der Waals surface area (Å²) in [5.41, 5.74) is 2.93. The number of carbonyl (C=O) groups excluding carboxylic acids is 1. The molecule has 2 unspecified atom stereocenters. The van der Waals surface area contributed by atoms with E-state index in [9.17, 15) is 4.79 Å². The summed E-state index contributed by atoms with van der Waals surface area (Å²) in [4.78, 5) is 12.5. The van der Waals surface area contributed by atoms with E-state index in [0.717, 1.165) is 42.8 Å². The summed E-state index contributed by atoms with van der Waals surface area (Å²) >= 11 is 1.19. The van der Waals surface area contributed by atoms with Crippen molar-refractivity contribution in [2.24, 2.45) is 0 Å². The minimum absolute atomic E-state index is 0.194. The highest BCUT2D eigenvalue weighted by Crippen LogP contribution is 2.31. The molecule has 0 radical (unpaired) electrons. The summed E-state index contributed by atoms with van der Waals surface area (Å²) in [6, 6.07) is 9.72. The number of rotatable bonds is 11. The summed E-state index contributed by atoms with van der Waals surface area (Å²) in [6.07, 6.45) is 7.82. The predicted molar refractivity (Wildman–Crippen MR) is 124 cm³/mol. The van der Waals surface area contributed by atoms with Gasteiger partial charge in [-0.25, -0.2) is 0 Å². The van der Waals surface area contributed by atoms with Crippen molar-refractivity contribution >= 4 is 23.3 Å². The molecule has 31 heavy (non-hydrogen) atoms. The smallest absolute Gasteiger partial charge is 0.314 e. The molecule has 0 spiro atoms. The zero-order valence-corrected chi connectivity index (χ0v) is 19.7. The van der Waals surface area contributed by atoms with Crippen molar-refractivity contribution in [3.05, 3.63) is 47.7 Å². The van der Waals surface area contributed by atoms with Crippen LogP contribution in [0.15, 0.2) is 36.4 Å². The van der Waals surface area contributed by atoms with Crippen molar-refractivity contribution in [2.45, 2.75) is 58.6 Å². The van der Waals surface area contributed by atoms with E-state index in [0.29, 0.717) is 23.4 Å². The first-order valence-electron chi connectivity index (χ1n) is 11.2. The zero-order chi connectivity index (χ0) is 22.1. The van der Waals surface area contributed by atoms with Crippen molar-refractivity contribution in [2.75, 3.05) is 26.7 Å². The summed E-state index contributed by atoms with van der Waals surface area (Å²) in [6.45, 7) is 6.50. The second-order valence-corrected chi connectivity index (χ2v) is 8.99. The Labute approximate surface area is 189 Å². The van der Waals surface area contributed by atoms with E-state index in [1.807, 2.05) is 37.3 Å². The Morgan fingerprint density at radius 3 is 2.77 bits per heavy atom. The fourth-order valence-corrected chi connectivity index (χ4v) is 4.37. The Morgan fingerprint density at radius 1 is 1.19 bits per heavy atom. The Kier molecular flexibility index (Phi) is 8.60. The van der Waals surface area contributed by atoms with Crippen LogP contribution in [0.25, 0.3) is 5.57 Å². The summed E-state index contributed by atoms with van der Waals surface area (Å²) in [5, 5.41) is 0. The first-order valence-corrected chi connectivity index (χ1v) is 12.0. The molecule has 1 aromatic carbocycles. The van der Waals surface area contributed by atoms with Crippen LogP contribution < -0.4 is 4.74 Å². The molecule has 1 aliphatic rings. The van der Waals surface area contributed by atoms with Crippen molar-refractivity contribution < 1.29 is 18.8 Å². The van der Waals surface area contributed by atoms with Gasteiger partial charge in [-0.2, -0.15) is 4.37 Å². The maximum Gasteiger partial charge on any atom is 0.314 e. The van der Waals surface area contributed by atoms with Gasteiger partial charge in [-0.1, -0.05) is 62.6 Å². The molecule has 2 aromatic rings. The van der Waals surface area contributed by atoms with Gasteiger partial charge in [0.25, 0.3) is 5.88 Å². The topological polar surface area (TPSA) is 61.3 Å². The second kappa shape index (κ2) is 11.4. The van der Waals surface area contributed by atoms with E-state index in [-0.39, 0.29) is 12.2 Å². The van der Waals surface area contributed by atoms with E-state index < -0.39 is 0 Å². The van der Waals surface area contributed by atoms with E-state index >= 15 is 0 Å². The van der Waals surface area contributed by atoms with Gasteiger partial charge in [0.05, 0.1) is 38.3 Å².